The van der Waals surface area contributed by atoms with Gasteiger partial charge in [0.25, 0.3) is 11.7 Å². The number of nitrogens with one attached hydrogen (secondary N) is 2. The average molecular weight is 232 g/mol. The smallest absolute Gasteiger partial charge is 0.297 e. The largest absolute Gasteiger partial charge is 0.376 e. The Labute approximate surface area is 97.8 Å². The second-order valence-corrected chi connectivity index (χ2v) is 3.60. The predicted octanol–water partition coefficient (Wildman–Crippen LogP) is 0.518. The van der Waals surface area contributed by atoms with Crippen molar-refractivity contribution in [2.45, 2.75) is 0 Å². The molecule has 1 aromatic carbocycles. The summed E-state index contributed by atoms with van der Waals surface area (Å²) in [6.45, 7) is 0. The van der Waals surface area contributed by atoms with Gasteiger partial charge in [0, 0.05) is 14.1 Å². The number of hydrogen-bond donors (Lipinski definition) is 2. The number of nitrogens with zero attached hydrogens (tertiary/aromatic N) is 4. The topological polar surface area (TPSA) is 86.8 Å². The number of carbonyl (C=O) groups excluding carboxylic acids is 1. The van der Waals surface area contributed by atoms with E-state index in [9.17, 15) is 4.79 Å². The number of hydrogen-bond acceptors (Lipinski definition) is 5. The number of carbonyl (C=O) groups is 1. The maximum absolute atomic E-state index is 11.7. The molecule has 0 bridgehead atoms. The highest BCUT2D eigenvalue weighted by atomic mass is 16.2. The molecular formula is C10H12N6O. The van der Waals surface area contributed by atoms with Gasteiger partial charge in [-0.05, 0) is 17.3 Å². The molecule has 7 nitrogen and oxygen atoms in total. The molecule has 2 aromatic rings. The lowest BCUT2D eigenvalue weighted by Crippen LogP contribution is -2.17. The third-order valence-electron chi connectivity index (χ3n) is 2.18. The lowest BCUT2D eigenvalue weighted by atomic mass is 10.2. The van der Waals surface area contributed by atoms with E-state index in [1.165, 1.54) is 0 Å². The van der Waals surface area contributed by atoms with Crippen LogP contribution in [-0.4, -0.2) is 40.6 Å². The van der Waals surface area contributed by atoms with Crippen molar-refractivity contribution in [1.29, 1.82) is 0 Å². The molecule has 0 radical (unpaired) electrons. The molecule has 1 amide bonds. The summed E-state index contributed by atoms with van der Waals surface area (Å²) < 4.78 is 0. The van der Waals surface area contributed by atoms with Gasteiger partial charge in [-0.2, -0.15) is 5.21 Å². The molecule has 0 aliphatic heterocycles. The molecule has 0 atom stereocenters. The zero-order valence-corrected chi connectivity index (χ0v) is 9.51. The van der Waals surface area contributed by atoms with Crippen LogP contribution in [0.15, 0.2) is 24.3 Å². The maximum Gasteiger partial charge on any atom is 0.297 e. The number of aromatic amines is 1. The summed E-state index contributed by atoms with van der Waals surface area (Å²) in [4.78, 5) is 13.6. The van der Waals surface area contributed by atoms with E-state index in [0.29, 0.717) is 5.69 Å². The van der Waals surface area contributed by atoms with Crippen LogP contribution in [0.25, 0.3) is 0 Å². The van der Waals surface area contributed by atoms with E-state index in [-0.39, 0.29) is 5.82 Å². The van der Waals surface area contributed by atoms with E-state index in [0.717, 1.165) is 5.69 Å². The lowest BCUT2D eigenvalue weighted by Gasteiger charge is -2.17. The molecule has 0 fully saturated rings. The zero-order chi connectivity index (χ0) is 12.3. The molecule has 0 saturated heterocycles. The number of H-pyrrole nitrogens is 1. The quantitative estimate of drug-likeness (QED) is 0.805. The number of amides is 1. The summed E-state index contributed by atoms with van der Waals surface area (Å²) in [5.74, 6) is -0.383. The Bertz CT molecular complexity index is 507. The van der Waals surface area contributed by atoms with Crippen molar-refractivity contribution in [2.75, 3.05) is 24.3 Å². The number of para-hydroxylation sites is 2. The monoisotopic (exact) mass is 232 g/mol. The van der Waals surface area contributed by atoms with Gasteiger partial charge >= 0.3 is 0 Å². The SMILES string of the molecule is CN(C)c1ccccc1NC(=O)c1nn[nH]n1. The van der Waals surface area contributed by atoms with Crippen LogP contribution in [0.5, 0.6) is 0 Å². The molecule has 0 aliphatic carbocycles. The molecule has 1 aromatic heterocycles. The van der Waals surface area contributed by atoms with E-state index in [1.54, 1.807) is 0 Å². The van der Waals surface area contributed by atoms with Gasteiger partial charge in [0.05, 0.1) is 11.4 Å². The van der Waals surface area contributed by atoms with Gasteiger partial charge in [0.1, 0.15) is 0 Å². The number of rotatable bonds is 3. The second kappa shape index (κ2) is 4.60. The highest BCUT2D eigenvalue weighted by Crippen LogP contribution is 2.23. The molecule has 2 rings (SSSR count). The van der Waals surface area contributed by atoms with Crippen LogP contribution in [0, 0.1) is 0 Å². The second-order valence-electron chi connectivity index (χ2n) is 3.60. The highest BCUT2D eigenvalue weighted by Gasteiger charge is 2.13. The fourth-order valence-electron chi connectivity index (χ4n) is 1.41. The summed E-state index contributed by atoms with van der Waals surface area (Å²) in [5.41, 5.74) is 1.61. The predicted molar refractivity (Wildman–Crippen MR) is 62.9 cm³/mol. The Morgan fingerprint density at radius 2 is 2.12 bits per heavy atom. The normalized spacial score (nSPS) is 10.0. The van der Waals surface area contributed by atoms with Gasteiger partial charge in [0.15, 0.2) is 0 Å². The van der Waals surface area contributed by atoms with Crippen molar-refractivity contribution < 1.29 is 4.79 Å². The first kappa shape index (κ1) is 11.1. The number of tetrazole rings is 1. The van der Waals surface area contributed by atoms with Crippen LogP contribution in [0.3, 0.4) is 0 Å². The summed E-state index contributed by atoms with van der Waals surface area (Å²) in [6, 6.07) is 7.47. The Balaban J connectivity index is 2.22. The summed E-state index contributed by atoms with van der Waals surface area (Å²) in [6.07, 6.45) is 0. The van der Waals surface area contributed by atoms with Crippen LogP contribution < -0.4 is 10.2 Å². The number of benzene rings is 1. The van der Waals surface area contributed by atoms with E-state index in [2.05, 4.69) is 25.9 Å². The van der Waals surface area contributed by atoms with E-state index >= 15 is 0 Å². The van der Waals surface area contributed by atoms with Crippen molar-refractivity contribution in [3.63, 3.8) is 0 Å². The van der Waals surface area contributed by atoms with Gasteiger partial charge in [-0.1, -0.05) is 12.1 Å². The highest BCUT2D eigenvalue weighted by molar-refractivity contribution is 6.03. The third-order valence-corrected chi connectivity index (χ3v) is 2.18. The molecule has 0 aliphatic rings. The van der Waals surface area contributed by atoms with Gasteiger partial charge < -0.3 is 10.2 Å². The van der Waals surface area contributed by atoms with Gasteiger partial charge in [0.2, 0.25) is 0 Å². The Morgan fingerprint density at radius 3 is 2.76 bits per heavy atom. The van der Waals surface area contributed by atoms with Crippen molar-refractivity contribution in [1.82, 2.24) is 20.6 Å². The first-order chi connectivity index (χ1) is 8.18. The molecule has 88 valence electrons. The molecule has 0 spiro atoms. The van der Waals surface area contributed by atoms with E-state index in [1.807, 2.05) is 43.3 Å². The third kappa shape index (κ3) is 2.39. The molecule has 2 N–H and O–H groups in total. The van der Waals surface area contributed by atoms with Crippen molar-refractivity contribution in [3.8, 4) is 0 Å². The van der Waals surface area contributed by atoms with Gasteiger partial charge in [-0.3, -0.25) is 4.79 Å². The number of aromatic nitrogens is 4. The standard InChI is InChI=1S/C10H12N6O/c1-16(2)8-6-4-3-5-7(8)11-10(17)9-12-14-15-13-9/h3-6H,1-2H3,(H,11,17)(H,12,13,14,15). The van der Waals surface area contributed by atoms with Crippen molar-refractivity contribution in [2.24, 2.45) is 0 Å². The molecule has 0 saturated carbocycles. The average Bonchev–Trinajstić information content (AvgIpc) is 2.83. The van der Waals surface area contributed by atoms with Crippen molar-refractivity contribution in [3.05, 3.63) is 30.1 Å². The fourth-order valence-corrected chi connectivity index (χ4v) is 1.41. The zero-order valence-electron chi connectivity index (χ0n) is 9.51. The summed E-state index contributed by atoms with van der Waals surface area (Å²) in [5, 5.41) is 15.5. The minimum atomic E-state index is -0.395. The first-order valence-electron chi connectivity index (χ1n) is 4.99. The van der Waals surface area contributed by atoms with Gasteiger partial charge in [-0.15, -0.1) is 10.2 Å². The van der Waals surface area contributed by atoms with Crippen LogP contribution >= 0.6 is 0 Å². The maximum atomic E-state index is 11.7. The molecule has 1 heterocycles. The fraction of sp³-hybridized carbons (Fsp3) is 0.200. The van der Waals surface area contributed by atoms with Crippen molar-refractivity contribution >= 4 is 17.3 Å². The van der Waals surface area contributed by atoms with E-state index < -0.39 is 5.91 Å². The van der Waals surface area contributed by atoms with Crippen LogP contribution in [0.2, 0.25) is 0 Å². The minimum absolute atomic E-state index is 0.0126. The number of anilines is 2. The Morgan fingerprint density at radius 1 is 1.35 bits per heavy atom. The van der Waals surface area contributed by atoms with Crippen LogP contribution in [-0.2, 0) is 0 Å². The molecule has 0 unspecified atom stereocenters. The molecule has 17 heavy (non-hydrogen) atoms. The molecular weight excluding hydrogens is 220 g/mol. The molecule has 7 heteroatoms. The lowest BCUT2D eigenvalue weighted by molar-refractivity contribution is 0.101. The van der Waals surface area contributed by atoms with Crippen LogP contribution in [0.1, 0.15) is 10.6 Å². The first-order valence-corrected chi connectivity index (χ1v) is 4.99. The van der Waals surface area contributed by atoms with Gasteiger partial charge in [-0.25, -0.2) is 0 Å². The summed E-state index contributed by atoms with van der Waals surface area (Å²) >= 11 is 0. The minimum Gasteiger partial charge on any atom is -0.376 e. The van der Waals surface area contributed by atoms with E-state index in [4.69, 9.17) is 0 Å². The Hall–Kier alpha value is -2.44. The van der Waals surface area contributed by atoms with Crippen LogP contribution in [0.4, 0.5) is 11.4 Å². The summed E-state index contributed by atoms with van der Waals surface area (Å²) in [7, 11) is 3.80. The Kier molecular flexibility index (Phi) is 2.99.